The highest BCUT2D eigenvalue weighted by molar-refractivity contribution is 7.14. The fraction of sp³-hybridized carbons (Fsp3) is 0.0909. The van der Waals surface area contributed by atoms with Crippen molar-refractivity contribution in [3.8, 4) is 28.5 Å². The van der Waals surface area contributed by atoms with Gasteiger partial charge in [-0.25, -0.2) is 4.98 Å². The highest BCUT2D eigenvalue weighted by Crippen LogP contribution is 2.36. The van der Waals surface area contributed by atoms with Crippen LogP contribution in [0.1, 0.15) is 16.3 Å². The molecule has 0 saturated heterocycles. The number of fused-ring (bicyclic) bond motifs is 1. The molecule has 8 heteroatoms. The van der Waals surface area contributed by atoms with Gasteiger partial charge in [0.25, 0.3) is 5.91 Å². The number of carbonyl (C=O) groups excluding carboxylic acids is 1. The minimum Gasteiger partial charge on any atom is -0.486 e. The molecule has 0 unspecified atom stereocenters. The smallest absolute Gasteiger partial charge is 0.293 e. The van der Waals surface area contributed by atoms with E-state index in [2.05, 4.69) is 10.3 Å². The van der Waals surface area contributed by atoms with Crippen molar-refractivity contribution in [2.24, 2.45) is 0 Å². The summed E-state index contributed by atoms with van der Waals surface area (Å²) in [5.41, 5.74) is 1.62. The molecule has 0 spiro atoms. The maximum Gasteiger partial charge on any atom is 0.293 e. The number of amides is 1. The number of ether oxygens (including phenoxy) is 3. The van der Waals surface area contributed by atoms with Crippen molar-refractivity contribution in [3.63, 3.8) is 0 Å². The molecule has 1 N–H and O–H groups in total. The average Bonchev–Trinajstić information content (AvgIpc) is 3.53. The van der Waals surface area contributed by atoms with Crippen LogP contribution in [0.2, 0.25) is 0 Å². The standard InChI is InChI=1S/C22H16N2O5S/c25-21(19-9-7-16(29-19)11-26-15-4-2-1-3-5-15)24-22-23-17(12-30-22)14-6-8-18-20(10-14)28-13-27-18/h1-10,12H,11,13H2,(H,23,24,25). The third-order valence-corrected chi connectivity index (χ3v) is 5.16. The minimum absolute atomic E-state index is 0.196. The van der Waals surface area contributed by atoms with Crippen LogP contribution in [-0.4, -0.2) is 17.7 Å². The Balaban J connectivity index is 1.22. The highest BCUT2D eigenvalue weighted by atomic mass is 32.1. The topological polar surface area (TPSA) is 82.8 Å². The summed E-state index contributed by atoms with van der Waals surface area (Å²) >= 11 is 1.33. The zero-order valence-corrected chi connectivity index (χ0v) is 16.5. The average molecular weight is 420 g/mol. The van der Waals surface area contributed by atoms with Gasteiger partial charge in [0.1, 0.15) is 18.1 Å². The number of aromatic nitrogens is 1. The summed E-state index contributed by atoms with van der Waals surface area (Å²) in [7, 11) is 0. The maximum absolute atomic E-state index is 12.5. The Bertz CT molecular complexity index is 1190. The number of rotatable bonds is 6. The van der Waals surface area contributed by atoms with Gasteiger partial charge in [-0.3, -0.25) is 10.1 Å². The van der Waals surface area contributed by atoms with E-state index in [0.29, 0.717) is 22.4 Å². The van der Waals surface area contributed by atoms with Gasteiger partial charge >= 0.3 is 0 Å². The molecule has 150 valence electrons. The lowest BCUT2D eigenvalue weighted by atomic mass is 10.1. The van der Waals surface area contributed by atoms with Crippen LogP contribution >= 0.6 is 11.3 Å². The van der Waals surface area contributed by atoms with E-state index < -0.39 is 0 Å². The number of benzene rings is 2. The van der Waals surface area contributed by atoms with Crippen molar-refractivity contribution >= 4 is 22.4 Å². The molecular weight excluding hydrogens is 404 g/mol. The molecule has 30 heavy (non-hydrogen) atoms. The number of furan rings is 1. The summed E-state index contributed by atoms with van der Waals surface area (Å²) in [4.78, 5) is 17.0. The number of nitrogens with one attached hydrogen (secondary N) is 1. The molecule has 0 radical (unpaired) electrons. The normalized spacial score (nSPS) is 12.0. The van der Waals surface area contributed by atoms with E-state index >= 15 is 0 Å². The molecule has 4 aromatic rings. The van der Waals surface area contributed by atoms with Crippen LogP contribution in [0.4, 0.5) is 5.13 Å². The number of hydrogen-bond donors (Lipinski definition) is 1. The molecule has 7 nitrogen and oxygen atoms in total. The number of carbonyl (C=O) groups is 1. The van der Waals surface area contributed by atoms with E-state index in [1.807, 2.05) is 53.9 Å². The highest BCUT2D eigenvalue weighted by Gasteiger charge is 2.17. The van der Waals surface area contributed by atoms with E-state index in [9.17, 15) is 4.79 Å². The molecule has 1 aliphatic heterocycles. The van der Waals surface area contributed by atoms with Crippen molar-refractivity contribution < 1.29 is 23.4 Å². The number of thiazole rings is 1. The summed E-state index contributed by atoms with van der Waals surface area (Å²) in [6, 6.07) is 18.4. The number of nitrogens with zero attached hydrogens (tertiary/aromatic N) is 1. The predicted molar refractivity (Wildman–Crippen MR) is 111 cm³/mol. The van der Waals surface area contributed by atoms with Crippen molar-refractivity contribution in [1.82, 2.24) is 4.98 Å². The van der Waals surface area contributed by atoms with Crippen LogP contribution in [0.15, 0.2) is 70.5 Å². The second kappa shape index (κ2) is 7.92. The van der Waals surface area contributed by atoms with E-state index in [4.69, 9.17) is 18.6 Å². The third kappa shape index (κ3) is 3.85. The molecule has 0 fully saturated rings. The quantitative estimate of drug-likeness (QED) is 0.475. The van der Waals surface area contributed by atoms with Gasteiger partial charge < -0.3 is 18.6 Å². The van der Waals surface area contributed by atoms with Gasteiger partial charge in [-0.1, -0.05) is 18.2 Å². The minimum atomic E-state index is -0.368. The van der Waals surface area contributed by atoms with Gasteiger partial charge in [-0.15, -0.1) is 11.3 Å². The molecule has 1 amide bonds. The predicted octanol–water partition coefficient (Wildman–Crippen LogP) is 4.96. The first-order valence-electron chi connectivity index (χ1n) is 9.18. The lowest BCUT2D eigenvalue weighted by molar-refractivity contribution is 0.0992. The summed E-state index contributed by atoms with van der Waals surface area (Å²) in [5, 5.41) is 5.11. The van der Waals surface area contributed by atoms with Gasteiger partial charge in [0.2, 0.25) is 6.79 Å². The van der Waals surface area contributed by atoms with Crippen LogP contribution in [0, 0.1) is 0 Å². The Kier molecular flexibility index (Phi) is 4.82. The molecule has 1 aliphatic rings. The van der Waals surface area contributed by atoms with Gasteiger partial charge in [0.05, 0.1) is 5.69 Å². The molecule has 5 rings (SSSR count). The van der Waals surface area contributed by atoms with Crippen molar-refractivity contribution in [2.45, 2.75) is 6.61 Å². The monoisotopic (exact) mass is 420 g/mol. The molecular formula is C22H16N2O5S. The zero-order chi connectivity index (χ0) is 20.3. The van der Waals surface area contributed by atoms with Gasteiger partial charge in [-0.05, 0) is 42.5 Å². The number of hydrogen-bond acceptors (Lipinski definition) is 7. The molecule has 2 aromatic heterocycles. The molecule has 2 aromatic carbocycles. The third-order valence-electron chi connectivity index (χ3n) is 4.40. The van der Waals surface area contributed by atoms with Gasteiger partial charge in [0, 0.05) is 10.9 Å². The first-order chi connectivity index (χ1) is 14.7. The van der Waals surface area contributed by atoms with Crippen LogP contribution in [0.3, 0.4) is 0 Å². The number of anilines is 1. The first kappa shape index (κ1) is 18.3. The molecule has 3 heterocycles. The van der Waals surface area contributed by atoms with Gasteiger partial charge in [-0.2, -0.15) is 0 Å². The zero-order valence-electron chi connectivity index (χ0n) is 15.7. The molecule has 0 atom stereocenters. The summed E-state index contributed by atoms with van der Waals surface area (Å²) in [6.07, 6.45) is 0. The largest absolute Gasteiger partial charge is 0.486 e. The first-order valence-corrected chi connectivity index (χ1v) is 10.1. The van der Waals surface area contributed by atoms with Crippen LogP contribution < -0.4 is 19.5 Å². The fourth-order valence-corrected chi connectivity index (χ4v) is 3.64. The van der Waals surface area contributed by atoms with E-state index in [0.717, 1.165) is 17.0 Å². The fourth-order valence-electron chi connectivity index (χ4n) is 2.93. The van der Waals surface area contributed by atoms with Crippen LogP contribution in [-0.2, 0) is 6.61 Å². The summed E-state index contributed by atoms with van der Waals surface area (Å²) in [5.74, 6) is 2.52. The van der Waals surface area contributed by atoms with Gasteiger partial charge in [0.15, 0.2) is 22.4 Å². The Morgan fingerprint density at radius 1 is 1.07 bits per heavy atom. The number of para-hydroxylation sites is 1. The second-order valence-corrected chi connectivity index (χ2v) is 7.29. The van der Waals surface area contributed by atoms with E-state index in [-0.39, 0.29) is 25.1 Å². The van der Waals surface area contributed by atoms with E-state index in [1.165, 1.54) is 11.3 Å². The summed E-state index contributed by atoms with van der Waals surface area (Å²) in [6.45, 7) is 0.460. The lowest BCUT2D eigenvalue weighted by Crippen LogP contribution is -2.10. The Hall–Kier alpha value is -3.78. The SMILES string of the molecule is O=C(Nc1nc(-c2ccc3c(c2)OCO3)cs1)c1ccc(COc2ccccc2)o1. The Morgan fingerprint density at radius 2 is 1.93 bits per heavy atom. The van der Waals surface area contributed by atoms with Crippen molar-refractivity contribution in [2.75, 3.05) is 12.1 Å². The van der Waals surface area contributed by atoms with Crippen LogP contribution in [0.25, 0.3) is 11.3 Å². The molecule has 0 aliphatic carbocycles. The Morgan fingerprint density at radius 3 is 2.83 bits per heavy atom. The molecule has 0 saturated carbocycles. The van der Waals surface area contributed by atoms with Crippen molar-refractivity contribution in [3.05, 3.63) is 77.6 Å². The van der Waals surface area contributed by atoms with E-state index in [1.54, 1.807) is 12.1 Å². The lowest BCUT2D eigenvalue weighted by Gasteiger charge is -2.03. The second-order valence-electron chi connectivity index (χ2n) is 6.43. The Labute approximate surface area is 175 Å². The molecule has 0 bridgehead atoms. The van der Waals surface area contributed by atoms with Crippen molar-refractivity contribution in [1.29, 1.82) is 0 Å². The van der Waals surface area contributed by atoms with Crippen LogP contribution in [0.5, 0.6) is 17.2 Å². The summed E-state index contributed by atoms with van der Waals surface area (Å²) < 4.78 is 21.9. The maximum atomic E-state index is 12.5.